The van der Waals surface area contributed by atoms with Gasteiger partial charge in [0.15, 0.2) is 0 Å². The van der Waals surface area contributed by atoms with E-state index in [0.29, 0.717) is 12.0 Å². The Hall–Kier alpha value is -0.770. The van der Waals surface area contributed by atoms with Crippen molar-refractivity contribution in [2.75, 3.05) is 26.2 Å². The molecule has 3 rings (SSSR count). The Bertz CT molecular complexity index is 464. The molecule has 2 atom stereocenters. The van der Waals surface area contributed by atoms with Gasteiger partial charge < -0.3 is 15.4 Å². The third kappa shape index (κ3) is 4.12. The predicted molar refractivity (Wildman–Crippen MR) is 89.4 cm³/mol. The number of nitrogens with two attached hydrogens (primary N) is 1. The molecule has 1 aromatic rings. The molecule has 0 spiro atoms. The summed E-state index contributed by atoms with van der Waals surface area (Å²) in [7, 11) is 0. The predicted octanol–water partition coefficient (Wildman–Crippen LogP) is 2.65. The standard InChI is InChI=1S/C17H26N2O.ClH/c1-13(18)16-3-2-8-19(12-16)9-6-14-4-5-17-15(11-14)7-10-20-17;/h4-5,11,13,16H,2-3,6-10,12,18H2,1H3;1H. The Kier molecular flexibility index (Phi) is 5.91. The summed E-state index contributed by atoms with van der Waals surface area (Å²) in [6.07, 6.45) is 4.80. The van der Waals surface area contributed by atoms with Crippen LogP contribution in [0.15, 0.2) is 18.2 Å². The summed E-state index contributed by atoms with van der Waals surface area (Å²) in [5.74, 6) is 1.76. The van der Waals surface area contributed by atoms with E-state index in [0.717, 1.165) is 31.7 Å². The summed E-state index contributed by atoms with van der Waals surface area (Å²) < 4.78 is 5.56. The van der Waals surface area contributed by atoms with Crippen LogP contribution in [0.4, 0.5) is 0 Å². The Morgan fingerprint density at radius 3 is 3.10 bits per heavy atom. The van der Waals surface area contributed by atoms with Crippen LogP contribution in [0, 0.1) is 5.92 Å². The monoisotopic (exact) mass is 310 g/mol. The van der Waals surface area contributed by atoms with Crippen molar-refractivity contribution < 1.29 is 4.74 Å². The second kappa shape index (κ2) is 7.48. The van der Waals surface area contributed by atoms with Gasteiger partial charge in [-0.2, -0.15) is 0 Å². The summed E-state index contributed by atoms with van der Waals surface area (Å²) in [5, 5.41) is 0. The number of likely N-dealkylation sites (tertiary alicyclic amines) is 1. The van der Waals surface area contributed by atoms with Crippen molar-refractivity contribution in [3.8, 4) is 5.75 Å². The number of hydrogen-bond acceptors (Lipinski definition) is 3. The average Bonchev–Trinajstić information content (AvgIpc) is 2.93. The number of nitrogens with zero attached hydrogens (tertiary/aromatic N) is 1. The van der Waals surface area contributed by atoms with Crippen molar-refractivity contribution in [2.45, 2.75) is 38.6 Å². The fourth-order valence-electron chi connectivity index (χ4n) is 3.41. The van der Waals surface area contributed by atoms with E-state index in [4.69, 9.17) is 10.5 Å². The molecule has 2 heterocycles. The molecule has 21 heavy (non-hydrogen) atoms. The van der Waals surface area contributed by atoms with Gasteiger partial charge in [0.1, 0.15) is 5.75 Å². The molecule has 0 aliphatic carbocycles. The normalized spacial score (nSPS) is 23.0. The molecule has 1 saturated heterocycles. The first-order chi connectivity index (χ1) is 9.72. The van der Waals surface area contributed by atoms with Crippen LogP contribution in [0.2, 0.25) is 0 Å². The maximum absolute atomic E-state index is 6.06. The minimum Gasteiger partial charge on any atom is -0.493 e. The highest BCUT2D eigenvalue weighted by atomic mass is 35.5. The van der Waals surface area contributed by atoms with Gasteiger partial charge >= 0.3 is 0 Å². The summed E-state index contributed by atoms with van der Waals surface area (Å²) in [5.41, 5.74) is 8.88. The molecular formula is C17H27ClN2O. The molecule has 118 valence electrons. The van der Waals surface area contributed by atoms with Crippen LogP contribution in [-0.2, 0) is 12.8 Å². The highest BCUT2D eigenvalue weighted by Gasteiger charge is 2.22. The zero-order valence-corrected chi connectivity index (χ0v) is 13.7. The largest absolute Gasteiger partial charge is 0.493 e. The summed E-state index contributed by atoms with van der Waals surface area (Å²) in [6.45, 7) is 6.56. The minimum absolute atomic E-state index is 0. The highest BCUT2D eigenvalue weighted by molar-refractivity contribution is 5.85. The molecule has 0 saturated carbocycles. The number of hydrogen-bond donors (Lipinski definition) is 1. The molecule has 1 aromatic carbocycles. The first kappa shape index (κ1) is 16.6. The average molecular weight is 311 g/mol. The zero-order chi connectivity index (χ0) is 13.9. The van der Waals surface area contributed by atoms with E-state index in [1.54, 1.807) is 0 Å². The smallest absolute Gasteiger partial charge is 0.122 e. The van der Waals surface area contributed by atoms with Gasteiger partial charge in [-0.3, -0.25) is 0 Å². The lowest BCUT2D eigenvalue weighted by Gasteiger charge is -2.34. The molecule has 0 aromatic heterocycles. The molecular weight excluding hydrogens is 284 g/mol. The molecule has 2 unspecified atom stereocenters. The maximum Gasteiger partial charge on any atom is 0.122 e. The van der Waals surface area contributed by atoms with E-state index in [2.05, 4.69) is 30.0 Å². The van der Waals surface area contributed by atoms with E-state index in [1.807, 2.05) is 0 Å². The topological polar surface area (TPSA) is 38.5 Å². The van der Waals surface area contributed by atoms with E-state index in [9.17, 15) is 0 Å². The van der Waals surface area contributed by atoms with Gasteiger partial charge in [0.25, 0.3) is 0 Å². The van der Waals surface area contributed by atoms with Crippen molar-refractivity contribution in [1.29, 1.82) is 0 Å². The molecule has 0 radical (unpaired) electrons. The van der Waals surface area contributed by atoms with Gasteiger partial charge in [0.2, 0.25) is 0 Å². The van der Waals surface area contributed by atoms with Crippen molar-refractivity contribution in [1.82, 2.24) is 4.90 Å². The Morgan fingerprint density at radius 2 is 2.29 bits per heavy atom. The maximum atomic E-state index is 6.06. The fraction of sp³-hybridized carbons (Fsp3) is 0.647. The third-order valence-electron chi connectivity index (χ3n) is 4.76. The van der Waals surface area contributed by atoms with Crippen LogP contribution in [0.25, 0.3) is 0 Å². The van der Waals surface area contributed by atoms with E-state index < -0.39 is 0 Å². The number of ether oxygens (including phenoxy) is 1. The van der Waals surface area contributed by atoms with E-state index >= 15 is 0 Å². The van der Waals surface area contributed by atoms with Gasteiger partial charge in [-0.1, -0.05) is 12.1 Å². The molecule has 2 aliphatic heterocycles. The zero-order valence-electron chi connectivity index (χ0n) is 12.9. The lowest BCUT2D eigenvalue weighted by molar-refractivity contribution is 0.162. The first-order valence-corrected chi connectivity index (χ1v) is 7.95. The van der Waals surface area contributed by atoms with Crippen LogP contribution in [0.5, 0.6) is 5.75 Å². The first-order valence-electron chi connectivity index (χ1n) is 7.95. The third-order valence-corrected chi connectivity index (χ3v) is 4.76. The molecule has 2 N–H and O–H groups in total. The summed E-state index contributed by atoms with van der Waals surface area (Å²) in [6, 6.07) is 7.01. The van der Waals surface area contributed by atoms with Crippen molar-refractivity contribution >= 4 is 12.4 Å². The van der Waals surface area contributed by atoms with E-state index in [-0.39, 0.29) is 12.4 Å². The van der Waals surface area contributed by atoms with Crippen LogP contribution < -0.4 is 10.5 Å². The Morgan fingerprint density at radius 1 is 1.43 bits per heavy atom. The van der Waals surface area contributed by atoms with Gasteiger partial charge in [-0.25, -0.2) is 0 Å². The lowest BCUT2D eigenvalue weighted by Crippen LogP contribution is -2.43. The molecule has 2 aliphatic rings. The molecule has 1 fully saturated rings. The summed E-state index contributed by atoms with van der Waals surface area (Å²) >= 11 is 0. The lowest BCUT2D eigenvalue weighted by atomic mass is 9.92. The van der Waals surface area contributed by atoms with Crippen LogP contribution in [0.1, 0.15) is 30.9 Å². The molecule has 3 nitrogen and oxygen atoms in total. The second-order valence-electron chi connectivity index (χ2n) is 6.35. The SMILES string of the molecule is CC(N)C1CCCN(CCc2ccc3c(c2)CCO3)C1.Cl. The number of piperidine rings is 1. The van der Waals surface area contributed by atoms with Crippen LogP contribution >= 0.6 is 12.4 Å². The van der Waals surface area contributed by atoms with Crippen molar-refractivity contribution in [3.05, 3.63) is 29.3 Å². The van der Waals surface area contributed by atoms with Gasteiger partial charge in [-0.05, 0) is 55.8 Å². The molecule has 4 heteroatoms. The van der Waals surface area contributed by atoms with Gasteiger partial charge in [0, 0.05) is 25.6 Å². The second-order valence-corrected chi connectivity index (χ2v) is 6.35. The molecule has 0 amide bonds. The summed E-state index contributed by atoms with van der Waals surface area (Å²) in [4.78, 5) is 2.58. The quantitative estimate of drug-likeness (QED) is 0.929. The number of halogens is 1. The number of rotatable bonds is 4. The number of benzene rings is 1. The van der Waals surface area contributed by atoms with Crippen LogP contribution in [0.3, 0.4) is 0 Å². The molecule has 0 bridgehead atoms. The van der Waals surface area contributed by atoms with Crippen LogP contribution in [-0.4, -0.2) is 37.2 Å². The minimum atomic E-state index is 0. The van der Waals surface area contributed by atoms with E-state index in [1.165, 1.54) is 37.1 Å². The fourth-order valence-corrected chi connectivity index (χ4v) is 3.41. The van der Waals surface area contributed by atoms with Gasteiger partial charge in [-0.15, -0.1) is 12.4 Å². The number of fused-ring (bicyclic) bond motifs is 1. The Balaban J connectivity index is 0.00000161. The van der Waals surface area contributed by atoms with Crippen molar-refractivity contribution in [2.24, 2.45) is 11.7 Å². The van der Waals surface area contributed by atoms with Crippen molar-refractivity contribution in [3.63, 3.8) is 0 Å². The highest BCUT2D eigenvalue weighted by Crippen LogP contribution is 2.26. The van der Waals surface area contributed by atoms with Gasteiger partial charge in [0.05, 0.1) is 6.61 Å². The Labute approximate surface area is 134 Å².